The number of carbonyl (C=O) groups excluding carboxylic acids is 1. The van der Waals surface area contributed by atoms with Crippen LogP contribution in [0.25, 0.3) is 0 Å². The van der Waals surface area contributed by atoms with Gasteiger partial charge in [-0.15, -0.1) is 12.4 Å². The molecule has 6 nitrogen and oxygen atoms in total. The maximum atomic E-state index is 12.1. The Morgan fingerprint density at radius 3 is 2.86 bits per heavy atom. The van der Waals surface area contributed by atoms with Crippen LogP contribution >= 0.6 is 12.4 Å². The Kier molecular flexibility index (Phi) is 7.27. The highest BCUT2D eigenvalue weighted by Gasteiger charge is 2.18. The fourth-order valence-electron chi connectivity index (χ4n) is 2.61. The molecule has 0 spiro atoms. The van der Waals surface area contributed by atoms with Crippen LogP contribution in [0.2, 0.25) is 0 Å². The normalized spacial score (nSPS) is 17.4. The molecule has 0 bridgehead atoms. The van der Waals surface area contributed by atoms with Crippen molar-refractivity contribution in [1.29, 1.82) is 0 Å². The molecule has 2 rings (SSSR count). The topological polar surface area (TPSA) is 84.3 Å². The van der Waals surface area contributed by atoms with E-state index in [0.717, 1.165) is 25.9 Å². The van der Waals surface area contributed by atoms with Crippen molar-refractivity contribution < 1.29 is 9.72 Å². The van der Waals surface area contributed by atoms with E-state index >= 15 is 0 Å². The molecule has 1 unspecified atom stereocenters. The third-order valence-electron chi connectivity index (χ3n) is 3.88. The van der Waals surface area contributed by atoms with Crippen molar-refractivity contribution in [2.75, 3.05) is 19.6 Å². The minimum Gasteiger partial charge on any atom is -0.352 e. The Hall–Kier alpha value is -1.66. The number of piperidine rings is 1. The number of rotatable bonds is 5. The quantitative estimate of drug-likeness (QED) is 0.642. The van der Waals surface area contributed by atoms with Gasteiger partial charge in [0.05, 0.1) is 4.92 Å². The molecule has 1 saturated heterocycles. The van der Waals surface area contributed by atoms with E-state index in [-0.39, 0.29) is 24.0 Å². The van der Waals surface area contributed by atoms with Gasteiger partial charge in [0.2, 0.25) is 0 Å². The lowest BCUT2D eigenvalue weighted by molar-refractivity contribution is -0.385. The van der Waals surface area contributed by atoms with Crippen molar-refractivity contribution >= 4 is 24.0 Å². The van der Waals surface area contributed by atoms with E-state index < -0.39 is 4.92 Å². The van der Waals surface area contributed by atoms with Gasteiger partial charge in [0.15, 0.2) is 0 Å². The van der Waals surface area contributed by atoms with Crippen molar-refractivity contribution in [2.45, 2.75) is 26.2 Å². The summed E-state index contributed by atoms with van der Waals surface area (Å²) in [7, 11) is 0. The van der Waals surface area contributed by atoms with E-state index in [4.69, 9.17) is 0 Å². The molecule has 1 heterocycles. The van der Waals surface area contributed by atoms with Gasteiger partial charge in [-0.3, -0.25) is 14.9 Å². The molecule has 1 amide bonds. The highest BCUT2D eigenvalue weighted by atomic mass is 35.5. The molecular weight excluding hydrogens is 306 g/mol. The van der Waals surface area contributed by atoms with Gasteiger partial charge in [0, 0.05) is 23.7 Å². The number of hydrogen-bond donors (Lipinski definition) is 2. The van der Waals surface area contributed by atoms with Crippen molar-refractivity contribution in [3.8, 4) is 0 Å². The lowest BCUT2D eigenvalue weighted by Crippen LogP contribution is -2.38. The van der Waals surface area contributed by atoms with Gasteiger partial charge >= 0.3 is 0 Å². The maximum absolute atomic E-state index is 12.1. The van der Waals surface area contributed by atoms with E-state index in [9.17, 15) is 14.9 Å². The molecule has 7 heteroatoms. The summed E-state index contributed by atoms with van der Waals surface area (Å²) < 4.78 is 0. The largest absolute Gasteiger partial charge is 0.352 e. The zero-order valence-corrected chi connectivity index (χ0v) is 13.4. The number of amides is 1. The summed E-state index contributed by atoms with van der Waals surface area (Å²) in [4.78, 5) is 22.7. The summed E-state index contributed by atoms with van der Waals surface area (Å²) in [5, 5.41) is 17.2. The average Bonchev–Trinajstić information content (AvgIpc) is 2.52. The van der Waals surface area contributed by atoms with Crippen LogP contribution in [-0.2, 0) is 6.42 Å². The second kappa shape index (κ2) is 8.70. The average molecular weight is 328 g/mol. The maximum Gasteiger partial charge on any atom is 0.273 e. The molecule has 2 N–H and O–H groups in total. The molecule has 0 saturated carbocycles. The summed E-state index contributed by atoms with van der Waals surface area (Å²) >= 11 is 0. The van der Waals surface area contributed by atoms with E-state index in [2.05, 4.69) is 10.6 Å². The lowest BCUT2D eigenvalue weighted by atomic mass is 9.99. The Labute approximate surface area is 136 Å². The predicted octanol–water partition coefficient (Wildman–Crippen LogP) is 2.31. The zero-order chi connectivity index (χ0) is 15.2. The smallest absolute Gasteiger partial charge is 0.273 e. The van der Waals surface area contributed by atoms with Crippen molar-refractivity contribution in [3.63, 3.8) is 0 Å². The molecule has 22 heavy (non-hydrogen) atoms. The number of halogens is 1. The monoisotopic (exact) mass is 327 g/mol. The van der Waals surface area contributed by atoms with Gasteiger partial charge in [-0.2, -0.15) is 0 Å². The first-order valence-corrected chi connectivity index (χ1v) is 7.38. The predicted molar refractivity (Wildman–Crippen MR) is 87.6 cm³/mol. The van der Waals surface area contributed by atoms with Crippen LogP contribution < -0.4 is 10.6 Å². The van der Waals surface area contributed by atoms with Crippen LogP contribution in [-0.4, -0.2) is 30.5 Å². The van der Waals surface area contributed by atoms with Gasteiger partial charge in [0.1, 0.15) is 0 Å². The SMILES string of the molecule is CCc1ccc(C(=O)NCC2CCCNC2)cc1[N+](=O)[O-].Cl. The van der Waals surface area contributed by atoms with Crippen molar-refractivity contribution in [3.05, 3.63) is 39.4 Å². The molecular formula is C15H22ClN3O3. The first kappa shape index (κ1) is 18.4. The molecule has 0 radical (unpaired) electrons. The summed E-state index contributed by atoms with van der Waals surface area (Å²) in [5.41, 5.74) is 1.01. The van der Waals surface area contributed by atoms with Gasteiger partial charge < -0.3 is 10.6 Å². The molecule has 1 atom stereocenters. The van der Waals surface area contributed by atoms with Gasteiger partial charge in [-0.1, -0.05) is 13.0 Å². The molecule has 1 aromatic rings. The first-order valence-electron chi connectivity index (χ1n) is 7.38. The zero-order valence-electron chi connectivity index (χ0n) is 12.6. The lowest BCUT2D eigenvalue weighted by Gasteiger charge is -2.22. The van der Waals surface area contributed by atoms with Gasteiger partial charge in [0.25, 0.3) is 11.6 Å². The Bertz CT molecular complexity index is 531. The Morgan fingerprint density at radius 1 is 1.50 bits per heavy atom. The van der Waals surface area contributed by atoms with Crippen molar-refractivity contribution in [1.82, 2.24) is 10.6 Å². The second-order valence-corrected chi connectivity index (χ2v) is 5.38. The summed E-state index contributed by atoms with van der Waals surface area (Å²) in [6, 6.07) is 4.68. The number of benzene rings is 1. The standard InChI is InChI=1S/C15H21N3O3.ClH/c1-2-12-5-6-13(8-14(12)18(20)21)15(19)17-10-11-4-3-7-16-9-11;/h5-6,8,11,16H,2-4,7,9-10H2,1H3,(H,17,19);1H. The number of nitrogens with one attached hydrogen (secondary N) is 2. The molecule has 122 valence electrons. The highest BCUT2D eigenvalue weighted by molar-refractivity contribution is 5.95. The van der Waals surface area contributed by atoms with Crippen LogP contribution in [0.1, 0.15) is 35.7 Å². The molecule has 1 aliphatic heterocycles. The number of nitro benzene ring substituents is 1. The minimum absolute atomic E-state index is 0. The fraction of sp³-hybridized carbons (Fsp3) is 0.533. The van der Waals surface area contributed by atoms with E-state index in [1.807, 2.05) is 6.92 Å². The summed E-state index contributed by atoms with van der Waals surface area (Å²) in [6.07, 6.45) is 2.80. The van der Waals surface area contributed by atoms with Crippen LogP contribution in [0.15, 0.2) is 18.2 Å². The second-order valence-electron chi connectivity index (χ2n) is 5.38. The minimum atomic E-state index is -0.430. The molecule has 1 aromatic carbocycles. The summed E-state index contributed by atoms with van der Waals surface area (Å²) in [6.45, 7) is 4.41. The van der Waals surface area contributed by atoms with Crippen LogP contribution in [0.4, 0.5) is 5.69 Å². The fourth-order valence-corrected chi connectivity index (χ4v) is 2.61. The first-order chi connectivity index (χ1) is 10.1. The van der Waals surface area contributed by atoms with Crippen LogP contribution in [0.3, 0.4) is 0 Å². The molecule has 1 fully saturated rings. The number of carbonyl (C=O) groups is 1. The number of nitro groups is 1. The van der Waals surface area contributed by atoms with E-state index in [0.29, 0.717) is 30.0 Å². The van der Waals surface area contributed by atoms with Gasteiger partial charge in [-0.05, 0) is 44.3 Å². The Morgan fingerprint density at radius 2 is 2.27 bits per heavy atom. The van der Waals surface area contributed by atoms with E-state index in [1.165, 1.54) is 6.07 Å². The molecule has 1 aliphatic rings. The highest BCUT2D eigenvalue weighted by Crippen LogP contribution is 2.21. The third-order valence-corrected chi connectivity index (χ3v) is 3.88. The van der Waals surface area contributed by atoms with Crippen LogP contribution in [0.5, 0.6) is 0 Å². The third kappa shape index (κ3) is 4.68. The van der Waals surface area contributed by atoms with Crippen molar-refractivity contribution in [2.24, 2.45) is 5.92 Å². The van der Waals surface area contributed by atoms with Crippen LogP contribution in [0, 0.1) is 16.0 Å². The van der Waals surface area contributed by atoms with E-state index in [1.54, 1.807) is 12.1 Å². The Balaban J connectivity index is 0.00000242. The number of hydrogen-bond acceptors (Lipinski definition) is 4. The van der Waals surface area contributed by atoms with Gasteiger partial charge in [-0.25, -0.2) is 0 Å². The molecule has 0 aliphatic carbocycles. The number of aryl methyl sites for hydroxylation is 1. The summed E-state index contributed by atoms with van der Waals surface area (Å²) in [5.74, 6) is 0.193. The number of nitrogens with zero attached hydrogens (tertiary/aromatic N) is 1. The molecule has 0 aromatic heterocycles.